The fourth-order valence-corrected chi connectivity index (χ4v) is 2.80. The van der Waals surface area contributed by atoms with Crippen LogP contribution >= 0.6 is 11.3 Å². The fourth-order valence-electron chi connectivity index (χ4n) is 1.90. The molecule has 2 aromatic heterocycles. The molecule has 5 nitrogen and oxygen atoms in total. The van der Waals surface area contributed by atoms with Crippen molar-refractivity contribution in [1.29, 1.82) is 0 Å². The lowest BCUT2D eigenvalue weighted by Gasteiger charge is -1.99. The quantitative estimate of drug-likeness (QED) is 0.677. The van der Waals surface area contributed by atoms with E-state index in [0.29, 0.717) is 5.69 Å². The van der Waals surface area contributed by atoms with Gasteiger partial charge in [-0.3, -0.25) is 9.97 Å². The van der Waals surface area contributed by atoms with Crippen molar-refractivity contribution in [3.05, 3.63) is 41.2 Å². The molecule has 0 bridgehead atoms. The molecule has 0 spiro atoms. The Balaban J connectivity index is 2.09. The number of hydrogen-bond acceptors (Lipinski definition) is 6. The number of thiazole rings is 1. The summed E-state index contributed by atoms with van der Waals surface area (Å²) in [5.74, 6) is -0.411. The number of methoxy groups -OCH3 is 1. The number of carbonyl (C=O) groups is 1. The Hall–Kier alpha value is -2.34. The van der Waals surface area contributed by atoms with Crippen LogP contribution in [0.1, 0.15) is 15.4 Å². The molecule has 20 heavy (non-hydrogen) atoms. The average molecular weight is 285 g/mol. The Bertz CT molecular complexity index is 798. The summed E-state index contributed by atoms with van der Waals surface area (Å²) in [6, 6.07) is 5.74. The first-order valence-electron chi connectivity index (χ1n) is 5.96. The smallest absolute Gasteiger partial charge is 0.357 e. The summed E-state index contributed by atoms with van der Waals surface area (Å²) in [7, 11) is 1.35. The predicted molar refractivity (Wildman–Crippen MR) is 76.7 cm³/mol. The van der Waals surface area contributed by atoms with E-state index in [4.69, 9.17) is 4.74 Å². The lowest BCUT2D eigenvalue weighted by molar-refractivity contribution is 0.0594. The van der Waals surface area contributed by atoms with E-state index in [1.54, 1.807) is 12.4 Å². The molecule has 0 saturated heterocycles. The molecule has 0 N–H and O–H groups in total. The van der Waals surface area contributed by atoms with Crippen LogP contribution in [0, 0.1) is 6.92 Å². The Morgan fingerprint density at radius 3 is 2.70 bits per heavy atom. The fraction of sp³-hybridized carbons (Fsp3) is 0.143. The topological polar surface area (TPSA) is 65.0 Å². The number of esters is 1. The second-order valence-electron chi connectivity index (χ2n) is 4.18. The van der Waals surface area contributed by atoms with Crippen molar-refractivity contribution < 1.29 is 9.53 Å². The number of aromatic nitrogens is 3. The zero-order valence-corrected chi connectivity index (χ0v) is 11.8. The molecule has 0 aliphatic carbocycles. The van der Waals surface area contributed by atoms with Crippen LogP contribution in [0.4, 0.5) is 0 Å². The number of rotatable bonds is 2. The van der Waals surface area contributed by atoms with Gasteiger partial charge in [-0.05, 0) is 25.1 Å². The van der Waals surface area contributed by atoms with E-state index in [1.807, 2.05) is 25.1 Å². The third-order valence-corrected chi connectivity index (χ3v) is 3.91. The van der Waals surface area contributed by atoms with Gasteiger partial charge < -0.3 is 4.74 Å². The minimum absolute atomic E-state index is 0.367. The third kappa shape index (κ3) is 2.14. The van der Waals surface area contributed by atoms with E-state index in [2.05, 4.69) is 15.0 Å². The van der Waals surface area contributed by atoms with E-state index in [0.717, 1.165) is 26.5 Å². The van der Waals surface area contributed by atoms with Gasteiger partial charge in [0.2, 0.25) is 0 Å². The molecular formula is C14H11N3O2S. The molecule has 0 radical (unpaired) electrons. The monoisotopic (exact) mass is 285 g/mol. The Morgan fingerprint density at radius 1 is 1.20 bits per heavy atom. The van der Waals surface area contributed by atoms with Gasteiger partial charge in [0.15, 0.2) is 5.69 Å². The Kier molecular flexibility index (Phi) is 3.15. The van der Waals surface area contributed by atoms with Gasteiger partial charge in [0.1, 0.15) is 5.01 Å². The number of hydrogen-bond donors (Lipinski definition) is 0. The molecule has 0 amide bonds. The zero-order chi connectivity index (χ0) is 14.1. The van der Waals surface area contributed by atoms with Crippen molar-refractivity contribution in [2.24, 2.45) is 0 Å². The number of carbonyl (C=O) groups excluding carboxylic acids is 1. The van der Waals surface area contributed by atoms with Crippen LogP contribution < -0.4 is 0 Å². The first-order chi connectivity index (χ1) is 9.69. The molecule has 0 atom stereocenters. The highest BCUT2D eigenvalue weighted by atomic mass is 32.1. The van der Waals surface area contributed by atoms with Gasteiger partial charge in [-0.1, -0.05) is 0 Å². The van der Waals surface area contributed by atoms with Gasteiger partial charge >= 0.3 is 5.97 Å². The van der Waals surface area contributed by atoms with Crippen LogP contribution in [-0.2, 0) is 4.74 Å². The molecule has 3 rings (SSSR count). The number of fused-ring (bicyclic) bond motifs is 1. The van der Waals surface area contributed by atoms with Gasteiger partial charge in [-0.2, -0.15) is 0 Å². The molecule has 2 heterocycles. The molecule has 0 unspecified atom stereocenters. The zero-order valence-electron chi connectivity index (χ0n) is 11.0. The summed E-state index contributed by atoms with van der Waals surface area (Å²) < 4.78 is 4.72. The second-order valence-corrected chi connectivity index (χ2v) is 5.38. The number of nitrogens with zero attached hydrogens (tertiary/aromatic N) is 3. The van der Waals surface area contributed by atoms with Crippen molar-refractivity contribution in [2.45, 2.75) is 6.92 Å². The van der Waals surface area contributed by atoms with Gasteiger partial charge in [0, 0.05) is 22.8 Å². The van der Waals surface area contributed by atoms with E-state index < -0.39 is 5.97 Å². The van der Waals surface area contributed by atoms with Crippen molar-refractivity contribution in [2.75, 3.05) is 7.11 Å². The van der Waals surface area contributed by atoms with E-state index >= 15 is 0 Å². The SMILES string of the molecule is COC(=O)c1nc(-c2ccc3nccnc3c2)sc1C. The minimum Gasteiger partial charge on any atom is -0.464 e. The highest BCUT2D eigenvalue weighted by molar-refractivity contribution is 7.15. The average Bonchev–Trinajstić information content (AvgIpc) is 2.88. The molecule has 0 saturated carbocycles. The van der Waals surface area contributed by atoms with Gasteiger partial charge in [-0.25, -0.2) is 9.78 Å². The Morgan fingerprint density at radius 2 is 1.95 bits per heavy atom. The summed E-state index contributed by atoms with van der Waals surface area (Å²) in [4.78, 5) is 25.3. The largest absolute Gasteiger partial charge is 0.464 e. The van der Waals surface area contributed by atoms with Crippen LogP contribution in [0.15, 0.2) is 30.6 Å². The van der Waals surface area contributed by atoms with Gasteiger partial charge in [0.05, 0.1) is 18.1 Å². The van der Waals surface area contributed by atoms with E-state index in [9.17, 15) is 4.79 Å². The van der Waals surface area contributed by atoms with Gasteiger partial charge in [0.25, 0.3) is 0 Å². The molecule has 3 aromatic rings. The van der Waals surface area contributed by atoms with Crippen LogP contribution in [0.3, 0.4) is 0 Å². The first-order valence-corrected chi connectivity index (χ1v) is 6.77. The number of ether oxygens (including phenoxy) is 1. The normalized spacial score (nSPS) is 10.7. The summed E-state index contributed by atoms with van der Waals surface area (Å²) in [5, 5.41) is 0.774. The van der Waals surface area contributed by atoms with Crippen molar-refractivity contribution in [3.63, 3.8) is 0 Å². The van der Waals surface area contributed by atoms with Crippen molar-refractivity contribution in [1.82, 2.24) is 15.0 Å². The second kappa shape index (κ2) is 4.97. The summed E-state index contributed by atoms with van der Waals surface area (Å²) in [6.07, 6.45) is 3.31. The lowest BCUT2D eigenvalue weighted by atomic mass is 10.2. The summed E-state index contributed by atoms with van der Waals surface area (Å²) in [5.41, 5.74) is 2.92. The Labute approximate surface area is 119 Å². The summed E-state index contributed by atoms with van der Waals surface area (Å²) in [6.45, 7) is 1.86. The maximum Gasteiger partial charge on any atom is 0.357 e. The standard InChI is InChI=1S/C14H11N3O2S/c1-8-12(14(18)19-2)17-13(20-8)9-3-4-10-11(7-9)16-6-5-15-10/h3-7H,1-2H3. The number of benzene rings is 1. The molecule has 6 heteroatoms. The molecule has 100 valence electrons. The molecular weight excluding hydrogens is 274 g/mol. The van der Waals surface area contributed by atoms with Crippen LogP contribution in [0.25, 0.3) is 21.6 Å². The van der Waals surface area contributed by atoms with Crippen molar-refractivity contribution in [3.8, 4) is 10.6 Å². The van der Waals surface area contributed by atoms with E-state index in [-0.39, 0.29) is 0 Å². The predicted octanol–water partition coefficient (Wildman–Crippen LogP) is 2.85. The molecule has 0 aliphatic heterocycles. The van der Waals surface area contributed by atoms with Crippen LogP contribution in [-0.4, -0.2) is 28.0 Å². The third-order valence-electron chi connectivity index (χ3n) is 2.89. The van der Waals surface area contributed by atoms with Crippen LogP contribution in [0.2, 0.25) is 0 Å². The highest BCUT2D eigenvalue weighted by Gasteiger charge is 2.16. The highest BCUT2D eigenvalue weighted by Crippen LogP contribution is 2.29. The van der Waals surface area contributed by atoms with E-state index in [1.165, 1.54) is 18.4 Å². The van der Waals surface area contributed by atoms with Crippen molar-refractivity contribution >= 4 is 28.3 Å². The van der Waals surface area contributed by atoms with Gasteiger partial charge in [-0.15, -0.1) is 11.3 Å². The maximum absolute atomic E-state index is 11.6. The molecule has 0 fully saturated rings. The number of aryl methyl sites for hydroxylation is 1. The maximum atomic E-state index is 11.6. The first kappa shape index (κ1) is 12.7. The lowest BCUT2D eigenvalue weighted by Crippen LogP contribution is -2.03. The summed E-state index contributed by atoms with van der Waals surface area (Å²) >= 11 is 1.46. The van der Waals surface area contributed by atoms with Crippen LogP contribution in [0.5, 0.6) is 0 Å². The minimum atomic E-state index is -0.411. The molecule has 1 aromatic carbocycles. The molecule has 0 aliphatic rings.